The van der Waals surface area contributed by atoms with Crippen LogP contribution in [0.25, 0.3) is 11.3 Å². The summed E-state index contributed by atoms with van der Waals surface area (Å²) in [5.74, 6) is 0.782. The number of fused-ring (bicyclic) bond motifs is 1. The molecule has 4 rings (SSSR count). The maximum atomic E-state index is 13.3. The van der Waals surface area contributed by atoms with Gasteiger partial charge in [0.15, 0.2) is 6.23 Å². The third kappa shape index (κ3) is 2.80. The van der Waals surface area contributed by atoms with Crippen molar-refractivity contribution in [3.8, 4) is 23.4 Å². The Bertz CT molecular complexity index is 1110. The van der Waals surface area contributed by atoms with Crippen molar-refractivity contribution in [1.29, 1.82) is 5.26 Å². The fourth-order valence-electron chi connectivity index (χ4n) is 3.29. The number of methoxy groups -OCH3 is 1. The summed E-state index contributed by atoms with van der Waals surface area (Å²) in [4.78, 5) is 0. The Morgan fingerprint density at radius 1 is 1.18 bits per heavy atom. The van der Waals surface area contributed by atoms with E-state index in [1.807, 2.05) is 31.2 Å². The Kier molecular flexibility index (Phi) is 4.34. The molecule has 1 aromatic heterocycles. The van der Waals surface area contributed by atoms with E-state index < -0.39 is 6.23 Å². The van der Waals surface area contributed by atoms with Crippen LogP contribution in [0, 0.1) is 24.1 Å². The zero-order chi connectivity index (χ0) is 19.8. The second-order valence-corrected chi connectivity index (χ2v) is 6.32. The van der Waals surface area contributed by atoms with Gasteiger partial charge in [0, 0.05) is 5.57 Å². The first-order valence-electron chi connectivity index (χ1n) is 8.60. The van der Waals surface area contributed by atoms with Gasteiger partial charge in [0.25, 0.3) is 0 Å². The Hall–Kier alpha value is -3.63. The van der Waals surface area contributed by atoms with Crippen molar-refractivity contribution >= 4 is 5.57 Å². The molecule has 1 aliphatic rings. The minimum atomic E-state index is -0.940. The summed E-state index contributed by atoms with van der Waals surface area (Å²) in [6, 6.07) is 15.4. The molecule has 0 amide bonds. The van der Waals surface area contributed by atoms with E-state index in [1.54, 1.807) is 23.9 Å². The number of nitriles is 1. The molecule has 1 unspecified atom stereocenters. The molecule has 140 valence electrons. The van der Waals surface area contributed by atoms with Gasteiger partial charge in [0.05, 0.1) is 29.6 Å². The number of nitrogens with two attached hydrogens (primary N) is 1. The summed E-state index contributed by atoms with van der Waals surface area (Å²) in [5.41, 5.74) is 9.93. The van der Waals surface area contributed by atoms with E-state index in [1.165, 1.54) is 12.1 Å². The Morgan fingerprint density at radius 3 is 2.46 bits per heavy atom. The second-order valence-electron chi connectivity index (χ2n) is 6.32. The summed E-state index contributed by atoms with van der Waals surface area (Å²) in [7, 11) is 1.59. The lowest BCUT2D eigenvalue weighted by molar-refractivity contribution is 0.228. The highest BCUT2D eigenvalue weighted by atomic mass is 19.1. The first-order valence-corrected chi connectivity index (χ1v) is 8.60. The number of halogens is 1. The molecule has 6 nitrogen and oxygen atoms in total. The molecule has 0 aliphatic carbocycles. The fourth-order valence-corrected chi connectivity index (χ4v) is 3.29. The Balaban J connectivity index is 1.94. The summed E-state index contributed by atoms with van der Waals surface area (Å²) in [6.45, 7) is 1.83. The first-order chi connectivity index (χ1) is 13.5. The quantitative estimate of drug-likeness (QED) is 0.758. The minimum Gasteiger partial charge on any atom is -0.497 e. The number of aromatic nitrogens is 2. The summed E-state index contributed by atoms with van der Waals surface area (Å²) in [6.07, 6.45) is -0.940. The topological polar surface area (TPSA) is 86.1 Å². The molecule has 3 aromatic rings. The normalized spacial score (nSPS) is 15.6. The molecule has 0 saturated heterocycles. The maximum Gasteiger partial charge on any atom is 0.226 e. The fraction of sp³-hybridized carbons (Fsp3) is 0.143. The largest absolute Gasteiger partial charge is 0.497 e. The van der Waals surface area contributed by atoms with Crippen molar-refractivity contribution < 1.29 is 13.9 Å². The number of hydrogen-bond donors (Lipinski definition) is 1. The standard InChI is InChI=1S/C21H17FN4O2/c1-12-18-19(13-3-9-16(27-2)10-4-13)17(11-23)20(24)28-21(18)26(25-12)15-7-5-14(22)6-8-15/h3-10,20H,24H2,1-2H3. The van der Waals surface area contributed by atoms with Crippen LogP contribution in [0.2, 0.25) is 0 Å². The number of benzene rings is 2. The van der Waals surface area contributed by atoms with Gasteiger partial charge in [-0.3, -0.25) is 5.73 Å². The van der Waals surface area contributed by atoms with Gasteiger partial charge in [0.2, 0.25) is 5.88 Å². The third-order valence-electron chi connectivity index (χ3n) is 4.63. The summed E-state index contributed by atoms with van der Waals surface area (Å²) < 4.78 is 26.0. The van der Waals surface area contributed by atoms with Crippen LogP contribution in [0.1, 0.15) is 16.8 Å². The lowest BCUT2D eigenvalue weighted by Gasteiger charge is -2.24. The minimum absolute atomic E-state index is 0.319. The molecule has 1 aliphatic heterocycles. The molecule has 0 bridgehead atoms. The van der Waals surface area contributed by atoms with Gasteiger partial charge in [-0.05, 0) is 48.9 Å². The first kappa shape index (κ1) is 17.8. The van der Waals surface area contributed by atoms with Gasteiger partial charge in [-0.25, -0.2) is 9.07 Å². The molecule has 2 N–H and O–H groups in total. The van der Waals surface area contributed by atoms with E-state index in [0.717, 1.165) is 5.56 Å². The highest BCUT2D eigenvalue weighted by Crippen LogP contribution is 2.42. The van der Waals surface area contributed by atoms with Gasteiger partial charge >= 0.3 is 0 Å². The average Bonchev–Trinajstić information content (AvgIpc) is 3.03. The van der Waals surface area contributed by atoms with Crippen LogP contribution >= 0.6 is 0 Å². The van der Waals surface area contributed by atoms with E-state index in [2.05, 4.69) is 11.2 Å². The predicted molar refractivity (Wildman–Crippen MR) is 101 cm³/mol. The van der Waals surface area contributed by atoms with Crippen LogP contribution in [0.5, 0.6) is 11.6 Å². The molecule has 2 heterocycles. The number of hydrogen-bond acceptors (Lipinski definition) is 5. The second kappa shape index (κ2) is 6.83. The molecule has 0 saturated carbocycles. The van der Waals surface area contributed by atoms with Gasteiger partial charge in [-0.2, -0.15) is 10.4 Å². The number of ether oxygens (including phenoxy) is 2. The number of rotatable bonds is 3. The van der Waals surface area contributed by atoms with Crippen molar-refractivity contribution in [2.45, 2.75) is 13.2 Å². The van der Waals surface area contributed by atoms with Gasteiger partial charge < -0.3 is 9.47 Å². The van der Waals surface area contributed by atoms with Crippen LogP contribution < -0.4 is 15.2 Å². The van der Waals surface area contributed by atoms with Crippen LogP contribution in [0.3, 0.4) is 0 Å². The zero-order valence-electron chi connectivity index (χ0n) is 15.3. The molecule has 7 heteroatoms. The van der Waals surface area contributed by atoms with Gasteiger partial charge in [-0.1, -0.05) is 12.1 Å². The Morgan fingerprint density at radius 2 is 1.86 bits per heavy atom. The molecule has 28 heavy (non-hydrogen) atoms. The van der Waals surface area contributed by atoms with E-state index >= 15 is 0 Å². The van der Waals surface area contributed by atoms with E-state index in [0.29, 0.717) is 39.7 Å². The van der Waals surface area contributed by atoms with Crippen LogP contribution in [-0.2, 0) is 0 Å². The Labute approximate surface area is 161 Å². The van der Waals surface area contributed by atoms with Crippen molar-refractivity contribution in [2.75, 3.05) is 7.11 Å². The molecular formula is C21H17FN4O2. The van der Waals surface area contributed by atoms with Crippen molar-refractivity contribution in [1.82, 2.24) is 9.78 Å². The molecule has 1 atom stereocenters. The summed E-state index contributed by atoms with van der Waals surface area (Å²) in [5, 5.41) is 14.3. The smallest absolute Gasteiger partial charge is 0.226 e. The van der Waals surface area contributed by atoms with Crippen molar-refractivity contribution in [3.63, 3.8) is 0 Å². The molecular weight excluding hydrogens is 359 g/mol. The highest BCUT2D eigenvalue weighted by Gasteiger charge is 2.33. The highest BCUT2D eigenvalue weighted by molar-refractivity contribution is 5.89. The van der Waals surface area contributed by atoms with E-state index in [9.17, 15) is 9.65 Å². The SMILES string of the molecule is COc1ccc(C2=C(C#N)C(N)Oc3c2c(C)nn3-c2ccc(F)cc2)cc1. The monoisotopic (exact) mass is 376 g/mol. The number of aryl methyl sites for hydroxylation is 1. The lowest BCUT2D eigenvalue weighted by atomic mass is 9.91. The van der Waals surface area contributed by atoms with Crippen LogP contribution in [0.15, 0.2) is 54.1 Å². The van der Waals surface area contributed by atoms with Crippen LogP contribution in [-0.4, -0.2) is 23.1 Å². The molecule has 0 spiro atoms. The average molecular weight is 376 g/mol. The van der Waals surface area contributed by atoms with Gasteiger partial charge in [0.1, 0.15) is 17.6 Å². The molecule has 0 fully saturated rings. The maximum absolute atomic E-state index is 13.3. The predicted octanol–water partition coefficient (Wildman–Crippen LogP) is 3.33. The molecule has 2 aromatic carbocycles. The molecule has 0 radical (unpaired) electrons. The number of nitrogens with zero attached hydrogens (tertiary/aromatic N) is 3. The van der Waals surface area contributed by atoms with E-state index in [-0.39, 0.29) is 5.82 Å². The van der Waals surface area contributed by atoms with E-state index in [4.69, 9.17) is 15.2 Å². The third-order valence-corrected chi connectivity index (χ3v) is 4.63. The zero-order valence-corrected chi connectivity index (χ0v) is 15.3. The lowest BCUT2D eigenvalue weighted by Crippen LogP contribution is -2.33. The summed E-state index contributed by atoms with van der Waals surface area (Å²) >= 11 is 0. The van der Waals surface area contributed by atoms with Crippen molar-refractivity contribution in [3.05, 3.63) is 76.7 Å². The van der Waals surface area contributed by atoms with Gasteiger partial charge in [-0.15, -0.1) is 0 Å². The van der Waals surface area contributed by atoms with Crippen LogP contribution in [0.4, 0.5) is 4.39 Å². The van der Waals surface area contributed by atoms with Crippen molar-refractivity contribution in [2.24, 2.45) is 5.73 Å².